The van der Waals surface area contributed by atoms with Crippen molar-refractivity contribution in [1.82, 2.24) is 0 Å². The number of hydrogen-bond donors (Lipinski definition) is 1. The molecule has 0 aliphatic carbocycles. The number of halogens is 1. The molecule has 2 aromatic rings. The maximum atomic E-state index is 5.82. The lowest BCUT2D eigenvalue weighted by Gasteiger charge is -2.07. The molecule has 0 spiro atoms. The SMILES string of the molecule is Nc1ccccc1COCc1ccc(Cl)cc1. The third-order valence-corrected chi connectivity index (χ3v) is 2.75. The molecule has 0 aromatic heterocycles. The third-order valence-electron chi connectivity index (χ3n) is 2.49. The molecule has 0 aliphatic rings. The molecule has 3 heteroatoms. The van der Waals surface area contributed by atoms with Crippen LogP contribution in [0.3, 0.4) is 0 Å². The Balaban J connectivity index is 1.88. The zero-order valence-electron chi connectivity index (χ0n) is 9.40. The number of ether oxygens (including phenoxy) is 1. The van der Waals surface area contributed by atoms with Gasteiger partial charge in [0, 0.05) is 16.3 Å². The first kappa shape index (κ1) is 12.0. The normalized spacial score (nSPS) is 10.4. The number of benzene rings is 2. The quantitative estimate of drug-likeness (QED) is 0.838. The predicted octanol–water partition coefficient (Wildman–Crippen LogP) is 3.64. The molecule has 2 aromatic carbocycles. The molecule has 0 unspecified atom stereocenters. The van der Waals surface area contributed by atoms with E-state index >= 15 is 0 Å². The summed E-state index contributed by atoms with van der Waals surface area (Å²) in [5, 5.41) is 0.737. The minimum absolute atomic E-state index is 0.523. The second-order valence-corrected chi connectivity index (χ2v) is 4.25. The fraction of sp³-hybridized carbons (Fsp3) is 0.143. The van der Waals surface area contributed by atoms with E-state index in [0.717, 1.165) is 21.8 Å². The van der Waals surface area contributed by atoms with Crippen LogP contribution in [0.4, 0.5) is 5.69 Å². The highest BCUT2D eigenvalue weighted by molar-refractivity contribution is 6.30. The van der Waals surface area contributed by atoms with Gasteiger partial charge in [0.2, 0.25) is 0 Å². The second kappa shape index (κ2) is 5.71. The van der Waals surface area contributed by atoms with Crippen LogP contribution >= 0.6 is 11.6 Å². The minimum atomic E-state index is 0.523. The van der Waals surface area contributed by atoms with Crippen molar-refractivity contribution in [2.75, 3.05) is 5.73 Å². The standard InChI is InChI=1S/C14H14ClNO/c15-13-7-5-11(6-8-13)9-17-10-12-3-1-2-4-14(12)16/h1-8H,9-10,16H2. The van der Waals surface area contributed by atoms with Crippen LogP contribution in [0.5, 0.6) is 0 Å². The molecular formula is C14H14ClNO. The minimum Gasteiger partial charge on any atom is -0.398 e. The third kappa shape index (κ3) is 3.48. The van der Waals surface area contributed by atoms with Crippen LogP contribution in [0.25, 0.3) is 0 Å². The van der Waals surface area contributed by atoms with E-state index in [1.54, 1.807) is 0 Å². The van der Waals surface area contributed by atoms with Gasteiger partial charge in [0.05, 0.1) is 13.2 Å². The summed E-state index contributed by atoms with van der Waals surface area (Å²) < 4.78 is 5.60. The molecule has 0 saturated carbocycles. The lowest BCUT2D eigenvalue weighted by molar-refractivity contribution is 0.107. The molecule has 0 heterocycles. The number of nitrogens with two attached hydrogens (primary N) is 1. The number of rotatable bonds is 4. The Kier molecular flexibility index (Phi) is 4.02. The van der Waals surface area contributed by atoms with Crippen molar-refractivity contribution in [2.24, 2.45) is 0 Å². The maximum Gasteiger partial charge on any atom is 0.0741 e. The number of nitrogen functional groups attached to an aromatic ring is 1. The van der Waals surface area contributed by atoms with Crippen molar-refractivity contribution >= 4 is 17.3 Å². The summed E-state index contributed by atoms with van der Waals surface area (Å²) in [6, 6.07) is 15.3. The summed E-state index contributed by atoms with van der Waals surface area (Å²) >= 11 is 5.81. The van der Waals surface area contributed by atoms with Crippen molar-refractivity contribution in [3.05, 3.63) is 64.7 Å². The highest BCUT2D eigenvalue weighted by atomic mass is 35.5. The van der Waals surface area contributed by atoms with Gasteiger partial charge in [0.15, 0.2) is 0 Å². The van der Waals surface area contributed by atoms with Crippen LogP contribution in [0, 0.1) is 0 Å². The molecule has 0 fully saturated rings. The summed E-state index contributed by atoms with van der Waals surface area (Å²) in [7, 11) is 0. The van der Waals surface area contributed by atoms with Gasteiger partial charge >= 0.3 is 0 Å². The van der Waals surface area contributed by atoms with Gasteiger partial charge in [-0.05, 0) is 23.8 Å². The van der Waals surface area contributed by atoms with Crippen LogP contribution in [-0.2, 0) is 18.0 Å². The molecule has 0 radical (unpaired) electrons. The van der Waals surface area contributed by atoms with E-state index in [2.05, 4.69) is 0 Å². The number of para-hydroxylation sites is 1. The van der Waals surface area contributed by atoms with Gasteiger partial charge < -0.3 is 10.5 Å². The van der Waals surface area contributed by atoms with Crippen LogP contribution < -0.4 is 5.73 Å². The van der Waals surface area contributed by atoms with Gasteiger partial charge in [0.1, 0.15) is 0 Å². The van der Waals surface area contributed by atoms with E-state index in [1.165, 1.54) is 0 Å². The lowest BCUT2D eigenvalue weighted by Crippen LogP contribution is -1.98. The van der Waals surface area contributed by atoms with E-state index in [9.17, 15) is 0 Å². The summed E-state index contributed by atoms with van der Waals surface area (Å²) in [4.78, 5) is 0. The highest BCUT2D eigenvalue weighted by Crippen LogP contribution is 2.14. The molecule has 0 amide bonds. The first-order valence-electron chi connectivity index (χ1n) is 5.41. The molecule has 0 aliphatic heterocycles. The van der Waals surface area contributed by atoms with Crippen LogP contribution in [0.1, 0.15) is 11.1 Å². The van der Waals surface area contributed by atoms with E-state index in [1.807, 2.05) is 48.5 Å². The monoisotopic (exact) mass is 247 g/mol. The Morgan fingerprint density at radius 1 is 0.941 bits per heavy atom. The van der Waals surface area contributed by atoms with Crippen molar-refractivity contribution in [3.8, 4) is 0 Å². The first-order chi connectivity index (χ1) is 8.25. The van der Waals surface area contributed by atoms with Crippen LogP contribution in [0.15, 0.2) is 48.5 Å². The molecule has 2 rings (SSSR count). The molecule has 0 saturated heterocycles. The Labute approximate surface area is 106 Å². The summed E-state index contributed by atoms with van der Waals surface area (Å²) in [5.74, 6) is 0. The van der Waals surface area contributed by atoms with E-state index in [0.29, 0.717) is 13.2 Å². The van der Waals surface area contributed by atoms with E-state index in [4.69, 9.17) is 22.1 Å². The highest BCUT2D eigenvalue weighted by Gasteiger charge is 1.98. The number of anilines is 1. The molecule has 17 heavy (non-hydrogen) atoms. The van der Waals surface area contributed by atoms with Crippen LogP contribution in [-0.4, -0.2) is 0 Å². The van der Waals surface area contributed by atoms with Crippen LogP contribution in [0.2, 0.25) is 5.02 Å². The molecule has 2 N–H and O–H groups in total. The second-order valence-electron chi connectivity index (χ2n) is 3.82. The molecule has 2 nitrogen and oxygen atoms in total. The number of hydrogen-bond acceptors (Lipinski definition) is 2. The molecule has 88 valence electrons. The fourth-order valence-electron chi connectivity index (χ4n) is 1.53. The van der Waals surface area contributed by atoms with Crippen molar-refractivity contribution in [3.63, 3.8) is 0 Å². The maximum absolute atomic E-state index is 5.82. The van der Waals surface area contributed by atoms with Crippen molar-refractivity contribution in [2.45, 2.75) is 13.2 Å². The van der Waals surface area contributed by atoms with E-state index < -0.39 is 0 Å². The van der Waals surface area contributed by atoms with E-state index in [-0.39, 0.29) is 0 Å². The van der Waals surface area contributed by atoms with Gasteiger partial charge in [-0.15, -0.1) is 0 Å². The molecular weight excluding hydrogens is 234 g/mol. The molecule has 0 atom stereocenters. The van der Waals surface area contributed by atoms with Gasteiger partial charge in [-0.1, -0.05) is 41.9 Å². The first-order valence-corrected chi connectivity index (χ1v) is 5.79. The Morgan fingerprint density at radius 3 is 2.35 bits per heavy atom. The fourth-order valence-corrected chi connectivity index (χ4v) is 1.65. The van der Waals surface area contributed by atoms with Gasteiger partial charge in [0.25, 0.3) is 0 Å². The van der Waals surface area contributed by atoms with Gasteiger partial charge in [-0.25, -0.2) is 0 Å². The van der Waals surface area contributed by atoms with Gasteiger partial charge in [-0.2, -0.15) is 0 Å². The zero-order chi connectivity index (χ0) is 12.1. The van der Waals surface area contributed by atoms with Crippen molar-refractivity contribution < 1.29 is 4.74 Å². The smallest absolute Gasteiger partial charge is 0.0741 e. The topological polar surface area (TPSA) is 35.2 Å². The predicted molar refractivity (Wildman–Crippen MR) is 70.8 cm³/mol. The Morgan fingerprint density at radius 2 is 1.65 bits per heavy atom. The average Bonchev–Trinajstić information content (AvgIpc) is 2.34. The van der Waals surface area contributed by atoms with Gasteiger partial charge in [-0.3, -0.25) is 0 Å². The summed E-state index contributed by atoms with van der Waals surface area (Å²) in [6.07, 6.45) is 0. The molecule has 0 bridgehead atoms. The Bertz CT molecular complexity index is 482. The Hall–Kier alpha value is -1.51. The lowest BCUT2D eigenvalue weighted by atomic mass is 10.2. The zero-order valence-corrected chi connectivity index (χ0v) is 10.2. The average molecular weight is 248 g/mol. The summed E-state index contributed by atoms with van der Waals surface area (Å²) in [5.41, 5.74) is 8.71. The largest absolute Gasteiger partial charge is 0.398 e. The van der Waals surface area contributed by atoms with Crippen molar-refractivity contribution in [1.29, 1.82) is 0 Å². The summed E-state index contributed by atoms with van der Waals surface area (Å²) in [6.45, 7) is 1.08.